The van der Waals surface area contributed by atoms with Crippen molar-refractivity contribution in [3.8, 4) is 0 Å². The van der Waals surface area contributed by atoms with Gasteiger partial charge in [0.1, 0.15) is 5.82 Å². The molecule has 0 atom stereocenters. The minimum atomic E-state index is 0. The van der Waals surface area contributed by atoms with E-state index in [4.69, 9.17) is 0 Å². The Bertz CT molecular complexity index is 456. The molecule has 1 aromatic rings. The fourth-order valence-corrected chi connectivity index (χ4v) is 3.68. The summed E-state index contributed by atoms with van der Waals surface area (Å²) in [4.78, 5) is 9.37. The largest absolute Gasteiger partial charge is 0.360 e. The lowest BCUT2D eigenvalue weighted by molar-refractivity contribution is 0.194. The van der Waals surface area contributed by atoms with Crippen molar-refractivity contribution in [1.29, 1.82) is 0 Å². The molecule has 5 heteroatoms. The summed E-state index contributed by atoms with van der Waals surface area (Å²) in [6.07, 6.45) is 6.12. The van der Waals surface area contributed by atoms with Gasteiger partial charge in [0.2, 0.25) is 0 Å². The zero-order valence-electron chi connectivity index (χ0n) is 13.8. The van der Waals surface area contributed by atoms with Crippen molar-refractivity contribution in [1.82, 2.24) is 15.2 Å². The molecule has 124 valence electrons. The highest BCUT2D eigenvalue weighted by Gasteiger charge is 2.38. The molecule has 0 radical (unpaired) electrons. The first-order chi connectivity index (χ1) is 10.2. The number of likely N-dealkylation sites (tertiary alicyclic amines) is 1. The molecule has 0 aliphatic carbocycles. The maximum absolute atomic E-state index is 4.58. The first-order valence-electron chi connectivity index (χ1n) is 8.30. The van der Waals surface area contributed by atoms with Crippen LogP contribution in [-0.2, 0) is 6.54 Å². The van der Waals surface area contributed by atoms with Gasteiger partial charge in [0.25, 0.3) is 0 Å². The molecule has 1 N–H and O–H groups in total. The van der Waals surface area contributed by atoms with Crippen LogP contribution < -0.4 is 10.2 Å². The van der Waals surface area contributed by atoms with Crippen LogP contribution in [-0.4, -0.2) is 49.7 Å². The Morgan fingerprint density at radius 3 is 2.68 bits per heavy atom. The number of anilines is 1. The van der Waals surface area contributed by atoms with Gasteiger partial charge in [0.05, 0.1) is 0 Å². The van der Waals surface area contributed by atoms with E-state index in [1.807, 2.05) is 0 Å². The Balaban J connectivity index is 0.00000176. The molecule has 0 bridgehead atoms. The van der Waals surface area contributed by atoms with E-state index in [2.05, 4.69) is 52.4 Å². The van der Waals surface area contributed by atoms with E-state index in [0.29, 0.717) is 5.41 Å². The Labute approximate surface area is 140 Å². The third kappa shape index (κ3) is 3.92. The summed E-state index contributed by atoms with van der Waals surface area (Å²) in [5.74, 6) is 1.07. The van der Waals surface area contributed by atoms with Crippen molar-refractivity contribution in [2.75, 3.05) is 44.7 Å². The second-order valence-electron chi connectivity index (χ2n) is 6.75. The lowest BCUT2D eigenvalue weighted by Gasteiger charge is -2.33. The molecule has 0 aromatic carbocycles. The summed E-state index contributed by atoms with van der Waals surface area (Å²) in [5.41, 5.74) is 1.94. The van der Waals surface area contributed by atoms with Crippen molar-refractivity contribution < 1.29 is 0 Å². The number of nitrogens with zero attached hydrogens (tertiary/aromatic N) is 3. The summed E-state index contributed by atoms with van der Waals surface area (Å²) < 4.78 is 0. The number of rotatable bonds is 4. The van der Waals surface area contributed by atoms with Gasteiger partial charge < -0.3 is 10.2 Å². The highest BCUT2D eigenvalue weighted by molar-refractivity contribution is 5.85. The van der Waals surface area contributed by atoms with Gasteiger partial charge in [0.15, 0.2) is 0 Å². The molecule has 0 amide bonds. The van der Waals surface area contributed by atoms with E-state index >= 15 is 0 Å². The summed E-state index contributed by atoms with van der Waals surface area (Å²) >= 11 is 0. The van der Waals surface area contributed by atoms with Crippen LogP contribution >= 0.6 is 12.4 Å². The molecule has 3 rings (SSSR count). The number of pyridine rings is 1. The number of hydrogen-bond acceptors (Lipinski definition) is 4. The normalized spacial score (nSPS) is 20.8. The molecule has 4 nitrogen and oxygen atoms in total. The minimum Gasteiger partial charge on any atom is -0.360 e. The highest BCUT2D eigenvalue weighted by atomic mass is 35.5. The van der Waals surface area contributed by atoms with E-state index in [1.54, 1.807) is 0 Å². The van der Waals surface area contributed by atoms with E-state index in [1.165, 1.54) is 51.0 Å². The first kappa shape index (κ1) is 17.5. The molecule has 22 heavy (non-hydrogen) atoms. The molecule has 1 spiro atoms. The Morgan fingerprint density at radius 1 is 1.27 bits per heavy atom. The molecule has 2 aliphatic rings. The number of halogens is 1. The molecule has 2 aliphatic heterocycles. The summed E-state index contributed by atoms with van der Waals surface area (Å²) in [5, 5.41) is 3.49. The van der Waals surface area contributed by atoms with Gasteiger partial charge in [-0.15, -0.1) is 12.4 Å². The Kier molecular flexibility index (Phi) is 6.07. The van der Waals surface area contributed by atoms with Crippen LogP contribution in [0.4, 0.5) is 5.82 Å². The Hall–Kier alpha value is -0.840. The minimum absolute atomic E-state index is 0. The van der Waals surface area contributed by atoms with Crippen LogP contribution in [0.5, 0.6) is 0 Å². The molecule has 1 aromatic heterocycles. The Morgan fingerprint density at radius 2 is 2.05 bits per heavy atom. The summed E-state index contributed by atoms with van der Waals surface area (Å²) in [6.45, 7) is 9.12. The number of aromatic nitrogens is 1. The average molecular weight is 325 g/mol. The van der Waals surface area contributed by atoms with Gasteiger partial charge in [-0.25, -0.2) is 4.98 Å². The third-order valence-corrected chi connectivity index (χ3v) is 5.26. The van der Waals surface area contributed by atoms with E-state index in [9.17, 15) is 0 Å². The van der Waals surface area contributed by atoms with Gasteiger partial charge in [-0.2, -0.15) is 0 Å². The molecule has 2 fully saturated rings. The molecule has 0 unspecified atom stereocenters. The monoisotopic (exact) mass is 324 g/mol. The van der Waals surface area contributed by atoms with Crippen molar-refractivity contribution in [2.45, 2.75) is 32.7 Å². The van der Waals surface area contributed by atoms with E-state index in [0.717, 1.165) is 18.9 Å². The average Bonchev–Trinajstić information content (AvgIpc) is 2.90. The maximum Gasteiger partial charge on any atom is 0.128 e. The standard InChI is InChI=1S/C17H28N4.ClH/c1-3-20(2)16-5-4-15(12-19-16)13-21-11-8-17(14-21)6-9-18-10-7-17;/h4-5,12,18H,3,6-11,13-14H2,1-2H3;1H. The van der Waals surface area contributed by atoms with Gasteiger partial charge in [-0.05, 0) is 62.9 Å². The highest BCUT2D eigenvalue weighted by Crippen LogP contribution is 2.38. The van der Waals surface area contributed by atoms with Gasteiger partial charge in [-0.3, -0.25) is 4.90 Å². The van der Waals surface area contributed by atoms with E-state index < -0.39 is 0 Å². The quantitative estimate of drug-likeness (QED) is 0.922. The molecule has 0 saturated carbocycles. The smallest absolute Gasteiger partial charge is 0.128 e. The van der Waals surface area contributed by atoms with Crippen molar-refractivity contribution in [3.05, 3.63) is 23.9 Å². The van der Waals surface area contributed by atoms with E-state index in [-0.39, 0.29) is 12.4 Å². The SMILES string of the molecule is CCN(C)c1ccc(CN2CCC3(CCNCC3)C2)cn1.Cl. The van der Waals surface area contributed by atoms with Gasteiger partial charge >= 0.3 is 0 Å². The first-order valence-corrected chi connectivity index (χ1v) is 8.30. The summed E-state index contributed by atoms with van der Waals surface area (Å²) in [6, 6.07) is 4.39. The zero-order chi connectivity index (χ0) is 14.7. The van der Waals surface area contributed by atoms with Crippen LogP contribution in [0.15, 0.2) is 18.3 Å². The van der Waals surface area contributed by atoms with Gasteiger partial charge in [-0.1, -0.05) is 6.07 Å². The number of hydrogen-bond donors (Lipinski definition) is 1. The fourth-order valence-electron chi connectivity index (χ4n) is 3.68. The van der Waals surface area contributed by atoms with Crippen LogP contribution in [0.2, 0.25) is 0 Å². The number of nitrogens with one attached hydrogen (secondary N) is 1. The molecule has 2 saturated heterocycles. The molecular weight excluding hydrogens is 296 g/mol. The predicted octanol–water partition coefficient (Wildman–Crippen LogP) is 2.54. The van der Waals surface area contributed by atoms with Crippen molar-refractivity contribution in [2.24, 2.45) is 5.41 Å². The van der Waals surface area contributed by atoms with Crippen molar-refractivity contribution >= 4 is 18.2 Å². The maximum atomic E-state index is 4.58. The predicted molar refractivity (Wildman–Crippen MR) is 94.9 cm³/mol. The van der Waals surface area contributed by atoms with Crippen LogP contribution in [0.25, 0.3) is 0 Å². The fraction of sp³-hybridized carbons (Fsp3) is 0.706. The lowest BCUT2D eigenvalue weighted by Crippen LogP contribution is -2.38. The van der Waals surface area contributed by atoms with Crippen LogP contribution in [0.3, 0.4) is 0 Å². The second kappa shape index (κ2) is 7.62. The molecular formula is C17H29ClN4. The topological polar surface area (TPSA) is 31.4 Å². The second-order valence-corrected chi connectivity index (χ2v) is 6.75. The lowest BCUT2D eigenvalue weighted by atomic mass is 9.78. The van der Waals surface area contributed by atoms with Gasteiger partial charge in [0, 0.05) is 32.9 Å². The van der Waals surface area contributed by atoms with Crippen LogP contribution in [0, 0.1) is 5.41 Å². The zero-order valence-corrected chi connectivity index (χ0v) is 14.7. The summed E-state index contributed by atoms with van der Waals surface area (Å²) in [7, 11) is 2.09. The van der Waals surface area contributed by atoms with Crippen LogP contribution in [0.1, 0.15) is 31.7 Å². The third-order valence-electron chi connectivity index (χ3n) is 5.26. The molecule has 3 heterocycles. The van der Waals surface area contributed by atoms with Crippen molar-refractivity contribution in [3.63, 3.8) is 0 Å². The number of piperidine rings is 1.